The van der Waals surface area contributed by atoms with E-state index in [-0.39, 0.29) is 0 Å². The lowest BCUT2D eigenvalue weighted by atomic mass is 10.5. The molecule has 0 heterocycles. The van der Waals surface area contributed by atoms with Crippen LogP contribution in [0, 0.1) is 0 Å². The third-order valence-electron chi connectivity index (χ3n) is 0.631. The topological polar surface area (TPSA) is 50.4 Å². The molecule has 8 heavy (non-hydrogen) atoms. The zero-order valence-electron chi connectivity index (χ0n) is 5.18. The fourth-order valence-electron chi connectivity index (χ4n) is 0.364. The summed E-state index contributed by atoms with van der Waals surface area (Å²) in [6.45, 7) is 1.86. The SMILES string of the molecule is CN/C=C(/C)N=CN. The van der Waals surface area contributed by atoms with Gasteiger partial charge in [0, 0.05) is 13.2 Å². The van der Waals surface area contributed by atoms with Crippen molar-refractivity contribution in [1.82, 2.24) is 5.32 Å². The van der Waals surface area contributed by atoms with E-state index >= 15 is 0 Å². The molecule has 0 radical (unpaired) electrons. The average molecular weight is 113 g/mol. The van der Waals surface area contributed by atoms with Gasteiger partial charge in [-0.25, -0.2) is 4.99 Å². The molecule has 0 fully saturated rings. The molecule has 0 saturated heterocycles. The summed E-state index contributed by atoms with van der Waals surface area (Å²) < 4.78 is 0. The second-order valence-electron chi connectivity index (χ2n) is 1.35. The summed E-state index contributed by atoms with van der Waals surface area (Å²) in [5.41, 5.74) is 5.87. The Kier molecular flexibility index (Phi) is 3.66. The van der Waals surface area contributed by atoms with Gasteiger partial charge in [0.25, 0.3) is 0 Å². The van der Waals surface area contributed by atoms with Crippen LogP contribution in [0.1, 0.15) is 6.92 Å². The van der Waals surface area contributed by atoms with E-state index < -0.39 is 0 Å². The molecule has 0 aliphatic carbocycles. The first-order valence-electron chi connectivity index (χ1n) is 2.39. The molecule has 0 aliphatic heterocycles. The Labute approximate surface area is 49.3 Å². The molecular formula is C5H11N3. The number of nitrogens with zero attached hydrogens (tertiary/aromatic N) is 1. The average Bonchev–Trinajstić information content (AvgIpc) is 1.68. The van der Waals surface area contributed by atoms with Crippen LogP contribution in [0.5, 0.6) is 0 Å². The first-order chi connectivity index (χ1) is 3.81. The smallest absolute Gasteiger partial charge is 0.0856 e. The van der Waals surface area contributed by atoms with Gasteiger partial charge in [-0.2, -0.15) is 0 Å². The summed E-state index contributed by atoms with van der Waals surface area (Å²) in [6.07, 6.45) is 3.03. The maximum atomic E-state index is 5.00. The number of aliphatic imine (C=N–C) groups is 1. The molecule has 0 spiro atoms. The lowest BCUT2D eigenvalue weighted by molar-refractivity contribution is 1.06. The molecule has 0 aromatic carbocycles. The number of hydrogen-bond acceptors (Lipinski definition) is 2. The van der Waals surface area contributed by atoms with E-state index in [0.29, 0.717) is 0 Å². The third kappa shape index (κ3) is 3.21. The van der Waals surface area contributed by atoms with E-state index in [1.54, 1.807) is 6.20 Å². The summed E-state index contributed by atoms with van der Waals surface area (Å²) in [5, 5.41) is 2.82. The normalized spacial score (nSPS) is 12.5. The Morgan fingerprint density at radius 3 is 2.75 bits per heavy atom. The summed E-state index contributed by atoms with van der Waals surface area (Å²) in [5.74, 6) is 0. The van der Waals surface area contributed by atoms with Gasteiger partial charge in [-0.15, -0.1) is 0 Å². The highest BCUT2D eigenvalue weighted by atomic mass is 14.9. The highest BCUT2D eigenvalue weighted by molar-refractivity contribution is 5.53. The van der Waals surface area contributed by atoms with Gasteiger partial charge in [0.2, 0.25) is 0 Å². The summed E-state index contributed by atoms with van der Waals surface area (Å²) in [4.78, 5) is 3.77. The molecule has 0 amide bonds. The molecule has 0 aromatic rings. The predicted octanol–water partition coefficient (Wildman–Crippen LogP) is 0.0541. The molecule has 0 rings (SSSR count). The Morgan fingerprint density at radius 2 is 2.38 bits per heavy atom. The highest BCUT2D eigenvalue weighted by Crippen LogP contribution is 1.86. The highest BCUT2D eigenvalue weighted by Gasteiger charge is 1.74. The van der Waals surface area contributed by atoms with Crippen LogP contribution in [0.25, 0.3) is 0 Å². The van der Waals surface area contributed by atoms with Crippen molar-refractivity contribution in [3.05, 3.63) is 11.9 Å². The van der Waals surface area contributed by atoms with Gasteiger partial charge in [-0.3, -0.25) is 0 Å². The van der Waals surface area contributed by atoms with Gasteiger partial charge in [0.15, 0.2) is 0 Å². The molecule has 0 aromatic heterocycles. The number of allylic oxidation sites excluding steroid dienone is 1. The third-order valence-corrected chi connectivity index (χ3v) is 0.631. The van der Waals surface area contributed by atoms with Gasteiger partial charge in [-0.1, -0.05) is 0 Å². The first-order valence-corrected chi connectivity index (χ1v) is 2.39. The van der Waals surface area contributed by atoms with Crippen LogP contribution in [0.3, 0.4) is 0 Å². The van der Waals surface area contributed by atoms with Crippen LogP contribution in [0.4, 0.5) is 0 Å². The lowest BCUT2D eigenvalue weighted by Gasteiger charge is -1.88. The Hall–Kier alpha value is -0.990. The van der Waals surface area contributed by atoms with Gasteiger partial charge in [0.1, 0.15) is 0 Å². The molecule has 3 heteroatoms. The quantitative estimate of drug-likeness (QED) is 0.393. The van der Waals surface area contributed by atoms with Crippen molar-refractivity contribution in [2.75, 3.05) is 7.05 Å². The minimum Gasteiger partial charge on any atom is -0.393 e. The molecule has 3 nitrogen and oxygen atoms in total. The van der Waals surface area contributed by atoms with Crippen LogP contribution in [-0.4, -0.2) is 13.4 Å². The second-order valence-corrected chi connectivity index (χ2v) is 1.35. The van der Waals surface area contributed by atoms with Crippen LogP contribution < -0.4 is 11.1 Å². The van der Waals surface area contributed by atoms with E-state index in [0.717, 1.165) is 5.70 Å². The number of rotatable bonds is 2. The standard InChI is InChI=1S/C5H11N3/c1-5(3-7-2)8-4-6/h3-4,7H,1-2H3,(H2,6,8)/b5-3-. The largest absolute Gasteiger partial charge is 0.393 e. The molecule has 0 atom stereocenters. The fraction of sp³-hybridized carbons (Fsp3) is 0.400. The monoisotopic (exact) mass is 113 g/mol. The van der Waals surface area contributed by atoms with Gasteiger partial charge < -0.3 is 11.1 Å². The van der Waals surface area contributed by atoms with Crippen LogP contribution in [0.15, 0.2) is 16.9 Å². The molecule has 46 valence electrons. The van der Waals surface area contributed by atoms with Gasteiger partial charge in [0.05, 0.1) is 12.0 Å². The molecule has 0 aliphatic rings. The molecule has 0 bridgehead atoms. The van der Waals surface area contributed by atoms with Crippen molar-refractivity contribution in [3.8, 4) is 0 Å². The predicted molar refractivity (Wildman–Crippen MR) is 35.5 cm³/mol. The number of nitrogens with two attached hydrogens (primary N) is 1. The Morgan fingerprint density at radius 1 is 1.75 bits per heavy atom. The minimum atomic E-state index is 0.870. The van der Waals surface area contributed by atoms with E-state index in [4.69, 9.17) is 5.73 Å². The summed E-state index contributed by atoms with van der Waals surface area (Å²) >= 11 is 0. The maximum absolute atomic E-state index is 5.00. The molecule has 0 saturated carbocycles. The summed E-state index contributed by atoms with van der Waals surface area (Å²) in [6, 6.07) is 0. The van der Waals surface area contributed by atoms with Gasteiger partial charge >= 0.3 is 0 Å². The fourth-order valence-corrected chi connectivity index (χ4v) is 0.364. The van der Waals surface area contributed by atoms with E-state index in [2.05, 4.69) is 10.3 Å². The van der Waals surface area contributed by atoms with Crippen molar-refractivity contribution in [2.24, 2.45) is 10.7 Å². The number of hydrogen-bond donors (Lipinski definition) is 2. The second kappa shape index (κ2) is 4.18. The van der Waals surface area contributed by atoms with Crippen molar-refractivity contribution in [1.29, 1.82) is 0 Å². The maximum Gasteiger partial charge on any atom is 0.0856 e. The van der Waals surface area contributed by atoms with E-state index in [1.165, 1.54) is 6.34 Å². The van der Waals surface area contributed by atoms with Crippen LogP contribution in [-0.2, 0) is 0 Å². The molecule has 3 N–H and O–H groups in total. The Balaban J connectivity index is 3.61. The van der Waals surface area contributed by atoms with E-state index in [9.17, 15) is 0 Å². The van der Waals surface area contributed by atoms with Crippen molar-refractivity contribution in [3.63, 3.8) is 0 Å². The van der Waals surface area contributed by atoms with Crippen molar-refractivity contribution in [2.45, 2.75) is 6.92 Å². The zero-order valence-corrected chi connectivity index (χ0v) is 5.18. The van der Waals surface area contributed by atoms with Crippen LogP contribution >= 0.6 is 0 Å². The van der Waals surface area contributed by atoms with Crippen LogP contribution in [0.2, 0.25) is 0 Å². The van der Waals surface area contributed by atoms with Gasteiger partial charge in [-0.05, 0) is 6.92 Å². The molecular weight excluding hydrogens is 102 g/mol. The minimum absolute atomic E-state index is 0.870. The Bertz CT molecular complexity index is 104. The molecule has 0 unspecified atom stereocenters. The zero-order chi connectivity index (χ0) is 6.41. The van der Waals surface area contributed by atoms with Crippen molar-refractivity contribution >= 4 is 6.34 Å². The van der Waals surface area contributed by atoms with Crippen molar-refractivity contribution < 1.29 is 0 Å². The lowest BCUT2D eigenvalue weighted by Crippen LogP contribution is -1.95. The number of nitrogens with one attached hydrogen (secondary N) is 1. The van der Waals surface area contributed by atoms with E-state index in [1.807, 2.05) is 14.0 Å². The first kappa shape index (κ1) is 7.01. The summed E-state index contributed by atoms with van der Waals surface area (Å²) in [7, 11) is 1.82.